The maximum absolute atomic E-state index is 9.22. The van der Waals surface area contributed by atoms with Gasteiger partial charge in [-0.2, -0.15) is 5.26 Å². The Balaban J connectivity index is 1.75. The molecule has 22 heavy (non-hydrogen) atoms. The van der Waals surface area contributed by atoms with E-state index in [4.69, 9.17) is 0 Å². The lowest BCUT2D eigenvalue weighted by Crippen LogP contribution is -2.47. The van der Waals surface area contributed by atoms with Crippen LogP contribution in [0.15, 0.2) is 36.5 Å². The standard InChI is InChI=1S/C18H20N4/c1-14-5-6-15(2)17(12-14)21-8-10-22(11-9-21)18-16(13-19)4-3-7-20-18/h3-7,12H,8-11H2,1-2H3. The van der Waals surface area contributed by atoms with E-state index in [1.54, 1.807) is 6.20 Å². The molecule has 4 nitrogen and oxygen atoms in total. The molecule has 1 fully saturated rings. The number of pyridine rings is 1. The number of aromatic nitrogens is 1. The molecule has 3 rings (SSSR count). The van der Waals surface area contributed by atoms with Gasteiger partial charge in [0, 0.05) is 38.1 Å². The predicted molar refractivity (Wildman–Crippen MR) is 89.3 cm³/mol. The SMILES string of the molecule is Cc1ccc(C)c(N2CCN(c3ncccc3C#N)CC2)c1. The summed E-state index contributed by atoms with van der Waals surface area (Å²) in [5, 5.41) is 9.22. The molecular weight excluding hydrogens is 272 g/mol. The number of hydrogen-bond acceptors (Lipinski definition) is 4. The maximum atomic E-state index is 9.22. The molecule has 1 aliphatic heterocycles. The molecule has 0 N–H and O–H groups in total. The molecule has 0 atom stereocenters. The number of nitriles is 1. The van der Waals surface area contributed by atoms with E-state index in [1.165, 1.54) is 16.8 Å². The van der Waals surface area contributed by atoms with Crippen molar-refractivity contribution in [1.82, 2.24) is 4.98 Å². The van der Waals surface area contributed by atoms with Crippen molar-refractivity contribution in [2.75, 3.05) is 36.0 Å². The summed E-state index contributed by atoms with van der Waals surface area (Å²) in [7, 11) is 0. The summed E-state index contributed by atoms with van der Waals surface area (Å²) < 4.78 is 0. The van der Waals surface area contributed by atoms with Crippen molar-refractivity contribution in [3.05, 3.63) is 53.2 Å². The maximum Gasteiger partial charge on any atom is 0.146 e. The molecule has 0 saturated carbocycles. The summed E-state index contributed by atoms with van der Waals surface area (Å²) in [5.74, 6) is 0.811. The van der Waals surface area contributed by atoms with Crippen LogP contribution in [-0.4, -0.2) is 31.2 Å². The van der Waals surface area contributed by atoms with E-state index in [0.29, 0.717) is 5.56 Å². The largest absolute Gasteiger partial charge is 0.368 e. The van der Waals surface area contributed by atoms with E-state index >= 15 is 0 Å². The second-order valence-electron chi connectivity index (χ2n) is 5.75. The van der Waals surface area contributed by atoms with E-state index < -0.39 is 0 Å². The third kappa shape index (κ3) is 2.75. The van der Waals surface area contributed by atoms with Crippen LogP contribution < -0.4 is 9.80 Å². The highest BCUT2D eigenvalue weighted by Gasteiger charge is 2.21. The van der Waals surface area contributed by atoms with Gasteiger partial charge in [0.2, 0.25) is 0 Å². The topological polar surface area (TPSA) is 43.2 Å². The fourth-order valence-corrected chi connectivity index (χ4v) is 2.96. The molecule has 1 aromatic heterocycles. The molecule has 4 heteroatoms. The number of aryl methyl sites for hydroxylation is 2. The monoisotopic (exact) mass is 292 g/mol. The number of piperazine rings is 1. The third-order valence-corrected chi connectivity index (χ3v) is 4.19. The number of hydrogen-bond donors (Lipinski definition) is 0. The van der Waals surface area contributed by atoms with Crippen molar-refractivity contribution in [2.45, 2.75) is 13.8 Å². The van der Waals surface area contributed by atoms with Gasteiger partial charge in [0.15, 0.2) is 0 Å². The van der Waals surface area contributed by atoms with E-state index in [2.05, 4.69) is 52.9 Å². The van der Waals surface area contributed by atoms with Gasteiger partial charge in [-0.25, -0.2) is 4.98 Å². The van der Waals surface area contributed by atoms with Crippen molar-refractivity contribution >= 4 is 11.5 Å². The summed E-state index contributed by atoms with van der Waals surface area (Å²) >= 11 is 0. The Bertz CT molecular complexity index is 709. The van der Waals surface area contributed by atoms with Gasteiger partial charge in [-0.15, -0.1) is 0 Å². The molecule has 0 amide bonds. The van der Waals surface area contributed by atoms with Crippen LogP contribution >= 0.6 is 0 Å². The smallest absolute Gasteiger partial charge is 0.146 e. The lowest BCUT2D eigenvalue weighted by molar-refractivity contribution is 0.645. The zero-order chi connectivity index (χ0) is 15.5. The number of nitrogens with zero attached hydrogens (tertiary/aromatic N) is 4. The molecule has 1 aromatic carbocycles. The molecule has 0 radical (unpaired) electrons. The zero-order valence-corrected chi connectivity index (χ0v) is 13.1. The summed E-state index contributed by atoms with van der Waals surface area (Å²) in [4.78, 5) is 9.02. The van der Waals surface area contributed by atoms with Crippen LogP contribution in [0.4, 0.5) is 11.5 Å². The van der Waals surface area contributed by atoms with Crippen LogP contribution in [0.25, 0.3) is 0 Å². The van der Waals surface area contributed by atoms with E-state index in [-0.39, 0.29) is 0 Å². The second-order valence-corrected chi connectivity index (χ2v) is 5.75. The average molecular weight is 292 g/mol. The molecule has 112 valence electrons. The minimum atomic E-state index is 0.655. The lowest BCUT2D eigenvalue weighted by Gasteiger charge is -2.37. The average Bonchev–Trinajstić information content (AvgIpc) is 2.57. The number of anilines is 2. The Morgan fingerprint density at radius 1 is 1.05 bits per heavy atom. The van der Waals surface area contributed by atoms with Gasteiger partial charge in [-0.05, 0) is 43.2 Å². The normalized spacial score (nSPS) is 14.8. The van der Waals surface area contributed by atoms with Gasteiger partial charge in [0.05, 0.1) is 5.56 Å². The van der Waals surface area contributed by atoms with Gasteiger partial charge >= 0.3 is 0 Å². The highest BCUT2D eigenvalue weighted by Crippen LogP contribution is 2.25. The summed E-state index contributed by atoms with van der Waals surface area (Å²) in [5.41, 5.74) is 4.58. The molecular formula is C18H20N4. The summed E-state index contributed by atoms with van der Waals surface area (Å²) in [6.45, 7) is 7.97. The fraction of sp³-hybridized carbons (Fsp3) is 0.333. The predicted octanol–water partition coefficient (Wildman–Crippen LogP) is 2.90. The third-order valence-electron chi connectivity index (χ3n) is 4.19. The minimum absolute atomic E-state index is 0.655. The highest BCUT2D eigenvalue weighted by atomic mass is 15.3. The first-order chi connectivity index (χ1) is 10.7. The fourth-order valence-electron chi connectivity index (χ4n) is 2.96. The van der Waals surface area contributed by atoms with Crippen LogP contribution in [0, 0.1) is 25.2 Å². The van der Waals surface area contributed by atoms with Crippen LogP contribution in [0.3, 0.4) is 0 Å². The first-order valence-corrected chi connectivity index (χ1v) is 7.61. The molecule has 0 spiro atoms. The van der Waals surface area contributed by atoms with E-state index in [1.807, 2.05) is 12.1 Å². The Kier molecular flexibility index (Phi) is 3.97. The van der Waals surface area contributed by atoms with Crippen molar-refractivity contribution in [3.8, 4) is 6.07 Å². The van der Waals surface area contributed by atoms with Gasteiger partial charge in [-0.1, -0.05) is 12.1 Å². The quantitative estimate of drug-likeness (QED) is 0.853. The van der Waals surface area contributed by atoms with Crippen LogP contribution in [0.2, 0.25) is 0 Å². The zero-order valence-electron chi connectivity index (χ0n) is 13.1. The number of benzene rings is 1. The van der Waals surface area contributed by atoms with Crippen molar-refractivity contribution in [3.63, 3.8) is 0 Å². The van der Waals surface area contributed by atoms with Gasteiger partial charge in [0.25, 0.3) is 0 Å². The van der Waals surface area contributed by atoms with Crippen LogP contribution in [0.1, 0.15) is 16.7 Å². The van der Waals surface area contributed by atoms with Crippen molar-refractivity contribution in [1.29, 1.82) is 5.26 Å². The summed E-state index contributed by atoms with van der Waals surface area (Å²) in [6, 6.07) is 12.5. The summed E-state index contributed by atoms with van der Waals surface area (Å²) in [6.07, 6.45) is 1.76. The molecule has 1 saturated heterocycles. The van der Waals surface area contributed by atoms with E-state index in [0.717, 1.165) is 32.0 Å². The molecule has 0 unspecified atom stereocenters. The van der Waals surface area contributed by atoms with Crippen LogP contribution in [0.5, 0.6) is 0 Å². The lowest BCUT2D eigenvalue weighted by atomic mass is 10.1. The first kappa shape index (κ1) is 14.4. The molecule has 2 heterocycles. The second kappa shape index (κ2) is 6.07. The van der Waals surface area contributed by atoms with Gasteiger partial charge < -0.3 is 9.80 Å². The van der Waals surface area contributed by atoms with E-state index in [9.17, 15) is 5.26 Å². The van der Waals surface area contributed by atoms with Gasteiger partial charge in [-0.3, -0.25) is 0 Å². The van der Waals surface area contributed by atoms with Gasteiger partial charge in [0.1, 0.15) is 11.9 Å². The Morgan fingerprint density at radius 3 is 2.50 bits per heavy atom. The molecule has 2 aromatic rings. The van der Waals surface area contributed by atoms with Crippen molar-refractivity contribution in [2.24, 2.45) is 0 Å². The molecule has 0 aliphatic carbocycles. The highest BCUT2D eigenvalue weighted by molar-refractivity contribution is 5.58. The Labute approximate surface area is 131 Å². The minimum Gasteiger partial charge on any atom is -0.368 e. The van der Waals surface area contributed by atoms with Crippen LogP contribution in [-0.2, 0) is 0 Å². The van der Waals surface area contributed by atoms with Crippen molar-refractivity contribution < 1.29 is 0 Å². The number of rotatable bonds is 2. The molecule has 0 bridgehead atoms. The Morgan fingerprint density at radius 2 is 1.77 bits per heavy atom. The molecule has 1 aliphatic rings. The first-order valence-electron chi connectivity index (χ1n) is 7.61. The Hall–Kier alpha value is -2.54.